The molecule has 2 N–H and O–H groups in total. The predicted octanol–water partition coefficient (Wildman–Crippen LogP) is 2.52. The molecule has 2 aromatic heterocycles. The summed E-state index contributed by atoms with van der Waals surface area (Å²) in [6.45, 7) is 8.69. The van der Waals surface area contributed by atoms with E-state index in [2.05, 4.69) is 29.5 Å². The Bertz CT molecular complexity index is 702. The molecule has 0 aliphatic carbocycles. The van der Waals surface area contributed by atoms with Gasteiger partial charge in [-0.05, 0) is 46.2 Å². The second-order valence-electron chi connectivity index (χ2n) is 7.57. The van der Waals surface area contributed by atoms with Gasteiger partial charge >= 0.3 is 6.03 Å². The van der Waals surface area contributed by atoms with Crippen molar-refractivity contribution in [3.8, 4) is 0 Å². The number of carbonyl (C=O) groups is 1. The maximum atomic E-state index is 12.2. The predicted molar refractivity (Wildman–Crippen MR) is 93.1 cm³/mol. The summed E-state index contributed by atoms with van der Waals surface area (Å²) in [5.74, 6) is 0. The smallest absolute Gasteiger partial charge is 0.315 e. The molecule has 1 unspecified atom stereocenters. The van der Waals surface area contributed by atoms with Crippen LogP contribution >= 0.6 is 0 Å². The van der Waals surface area contributed by atoms with Crippen LogP contribution in [0, 0.1) is 0 Å². The van der Waals surface area contributed by atoms with Crippen LogP contribution in [0.5, 0.6) is 0 Å². The number of hydrogen-bond donors (Lipinski definition) is 2. The van der Waals surface area contributed by atoms with Gasteiger partial charge in [0.25, 0.3) is 0 Å². The summed E-state index contributed by atoms with van der Waals surface area (Å²) in [5.41, 5.74) is 1.32. The molecule has 1 fully saturated rings. The summed E-state index contributed by atoms with van der Waals surface area (Å²) >= 11 is 0. The van der Waals surface area contributed by atoms with Crippen LogP contribution in [0.25, 0.3) is 5.65 Å². The van der Waals surface area contributed by atoms with Crippen molar-refractivity contribution >= 4 is 11.7 Å². The van der Waals surface area contributed by atoms with Crippen molar-refractivity contribution in [1.82, 2.24) is 20.0 Å². The van der Waals surface area contributed by atoms with Gasteiger partial charge in [0.05, 0.1) is 22.9 Å². The lowest BCUT2D eigenvalue weighted by molar-refractivity contribution is -0.0690. The average Bonchev–Trinajstić information content (AvgIpc) is 2.96. The molecule has 0 radical (unpaired) electrons. The van der Waals surface area contributed by atoms with Crippen molar-refractivity contribution in [2.45, 2.75) is 57.8 Å². The molecule has 24 heavy (non-hydrogen) atoms. The fraction of sp³-hybridized carbons (Fsp3) is 0.556. The largest absolute Gasteiger partial charge is 0.367 e. The molecule has 2 amide bonds. The third-order valence-corrected chi connectivity index (χ3v) is 4.46. The topological polar surface area (TPSA) is 67.7 Å². The zero-order valence-electron chi connectivity index (χ0n) is 14.8. The Kier molecular flexibility index (Phi) is 4.25. The highest BCUT2D eigenvalue weighted by Crippen LogP contribution is 2.37. The summed E-state index contributed by atoms with van der Waals surface area (Å²) < 4.78 is 7.98. The molecule has 3 rings (SSSR count). The van der Waals surface area contributed by atoms with E-state index in [0.717, 1.165) is 17.8 Å². The van der Waals surface area contributed by atoms with Crippen molar-refractivity contribution in [1.29, 1.82) is 0 Å². The van der Waals surface area contributed by atoms with Crippen molar-refractivity contribution < 1.29 is 9.53 Å². The number of hydrogen-bond acceptors (Lipinski definition) is 3. The minimum absolute atomic E-state index is 0.00249. The lowest BCUT2D eigenvalue weighted by Crippen LogP contribution is -2.50. The third kappa shape index (κ3) is 3.70. The van der Waals surface area contributed by atoms with E-state index in [0.29, 0.717) is 13.0 Å². The highest BCUT2D eigenvalue weighted by molar-refractivity contribution is 5.74. The minimum atomic E-state index is -0.359. The lowest BCUT2D eigenvalue weighted by Gasteiger charge is -2.27. The van der Waals surface area contributed by atoms with Gasteiger partial charge in [0.1, 0.15) is 5.65 Å². The van der Waals surface area contributed by atoms with Gasteiger partial charge in [0.15, 0.2) is 0 Å². The molecule has 6 nitrogen and oxygen atoms in total. The zero-order valence-corrected chi connectivity index (χ0v) is 14.8. The molecule has 1 aliphatic rings. The van der Waals surface area contributed by atoms with E-state index in [1.165, 1.54) is 0 Å². The van der Waals surface area contributed by atoms with Crippen molar-refractivity contribution in [2.75, 3.05) is 6.54 Å². The van der Waals surface area contributed by atoms with Gasteiger partial charge in [-0.1, -0.05) is 6.07 Å². The average molecular weight is 330 g/mol. The highest BCUT2D eigenvalue weighted by Gasteiger charge is 2.46. The molecule has 0 bridgehead atoms. The van der Waals surface area contributed by atoms with Crippen molar-refractivity contribution in [3.05, 3.63) is 36.3 Å². The number of aromatic nitrogens is 2. The molecule has 6 heteroatoms. The number of urea groups is 1. The molecule has 0 spiro atoms. The summed E-state index contributed by atoms with van der Waals surface area (Å²) in [6, 6.07) is 5.75. The zero-order chi connectivity index (χ0) is 17.4. The van der Waals surface area contributed by atoms with E-state index < -0.39 is 0 Å². The van der Waals surface area contributed by atoms with Crippen LogP contribution in [0.4, 0.5) is 4.79 Å². The molecule has 2 aromatic rings. The number of amides is 2. The Hall–Kier alpha value is -2.08. The third-order valence-electron chi connectivity index (χ3n) is 4.46. The Morgan fingerprint density at radius 2 is 2.17 bits per heavy atom. The van der Waals surface area contributed by atoms with Crippen LogP contribution in [0.2, 0.25) is 0 Å². The molecule has 1 aliphatic heterocycles. The summed E-state index contributed by atoms with van der Waals surface area (Å²) in [6.07, 6.45) is 5.46. The molecule has 0 aromatic carbocycles. The molecular weight excluding hydrogens is 304 g/mol. The molecule has 1 saturated heterocycles. The molecule has 0 saturated carbocycles. The summed E-state index contributed by atoms with van der Waals surface area (Å²) in [7, 11) is 0. The number of nitrogens with zero attached hydrogens (tertiary/aromatic N) is 2. The van der Waals surface area contributed by atoms with Crippen LogP contribution in [-0.4, -0.2) is 39.2 Å². The molecule has 3 heterocycles. The maximum absolute atomic E-state index is 12.2. The van der Waals surface area contributed by atoms with Crippen molar-refractivity contribution in [3.63, 3.8) is 0 Å². The number of nitrogens with one attached hydrogen (secondary N) is 2. The number of imidazole rings is 1. The van der Waals surface area contributed by atoms with Gasteiger partial charge in [-0.3, -0.25) is 0 Å². The number of pyridine rings is 1. The Morgan fingerprint density at radius 1 is 1.38 bits per heavy atom. The fourth-order valence-electron chi connectivity index (χ4n) is 3.41. The van der Waals surface area contributed by atoms with Gasteiger partial charge in [0, 0.05) is 25.4 Å². The van der Waals surface area contributed by atoms with Gasteiger partial charge in [-0.15, -0.1) is 0 Å². The number of rotatable bonds is 4. The second-order valence-corrected chi connectivity index (χ2v) is 7.57. The van der Waals surface area contributed by atoms with Crippen LogP contribution in [0.15, 0.2) is 30.6 Å². The minimum Gasteiger partial charge on any atom is -0.367 e. The van der Waals surface area contributed by atoms with Gasteiger partial charge in [-0.25, -0.2) is 9.78 Å². The maximum Gasteiger partial charge on any atom is 0.315 e. The first kappa shape index (κ1) is 16.8. The number of ether oxygens (including phenoxy) is 1. The van der Waals surface area contributed by atoms with Crippen molar-refractivity contribution in [2.24, 2.45) is 0 Å². The first-order valence-corrected chi connectivity index (χ1v) is 8.42. The van der Waals surface area contributed by atoms with Crippen LogP contribution in [0.1, 0.15) is 39.8 Å². The van der Waals surface area contributed by atoms with Crippen LogP contribution in [0.3, 0.4) is 0 Å². The summed E-state index contributed by atoms with van der Waals surface area (Å²) in [5, 5.41) is 5.95. The van der Waals surface area contributed by atoms with E-state index in [9.17, 15) is 4.79 Å². The second kappa shape index (κ2) is 6.09. The van der Waals surface area contributed by atoms with Crippen LogP contribution in [-0.2, 0) is 11.2 Å². The van der Waals surface area contributed by atoms with E-state index in [4.69, 9.17) is 4.74 Å². The molecular formula is C18H26N4O2. The first-order valence-electron chi connectivity index (χ1n) is 8.42. The molecule has 130 valence electrons. The number of fused-ring (bicyclic) bond motifs is 1. The van der Waals surface area contributed by atoms with E-state index in [1.54, 1.807) is 0 Å². The highest BCUT2D eigenvalue weighted by atomic mass is 16.5. The van der Waals surface area contributed by atoms with Crippen LogP contribution < -0.4 is 10.6 Å². The normalized spacial score (nSPS) is 21.8. The van der Waals surface area contributed by atoms with Gasteiger partial charge in [0.2, 0.25) is 0 Å². The van der Waals surface area contributed by atoms with E-state index in [1.807, 2.05) is 48.8 Å². The Labute approximate surface area is 142 Å². The quantitative estimate of drug-likeness (QED) is 0.905. The molecule has 1 atom stereocenters. The monoisotopic (exact) mass is 330 g/mol. The standard InChI is InChI=1S/C18H26N4O2/c1-17(2)11-14(18(3,4)24-17)21-16(23)19-9-8-13-12-22-10-6-5-7-15(22)20-13/h5-7,10,12,14H,8-9,11H2,1-4H3,(H2,19,21,23). The fourth-order valence-corrected chi connectivity index (χ4v) is 3.41. The van der Waals surface area contributed by atoms with Gasteiger partial charge in [-0.2, -0.15) is 0 Å². The Morgan fingerprint density at radius 3 is 2.83 bits per heavy atom. The lowest BCUT2D eigenvalue weighted by atomic mass is 9.95. The van der Waals surface area contributed by atoms with Gasteiger partial charge < -0.3 is 19.8 Å². The van der Waals surface area contributed by atoms with E-state index in [-0.39, 0.29) is 23.3 Å². The number of carbonyl (C=O) groups excluding carboxylic acids is 1. The SMILES string of the molecule is CC1(C)CC(NC(=O)NCCc2cn3ccccc3n2)C(C)(C)O1. The van der Waals surface area contributed by atoms with E-state index >= 15 is 0 Å². The first-order chi connectivity index (χ1) is 11.3. The summed E-state index contributed by atoms with van der Waals surface area (Å²) in [4.78, 5) is 16.7. The Balaban J connectivity index is 1.49.